The van der Waals surface area contributed by atoms with Gasteiger partial charge < -0.3 is 36.9 Å². The molecule has 0 radical (unpaired) electrons. The average Bonchev–Trinajstić information content (AvgIpc) is 3.11. The maximum atomic E-state index is 12.1. The molecule has 0 spiro atoms. The van der Waals surface area contributed by atoms with Gasteiger partial charge >= 0.3 is 5.97 Å². The molecule has 0 aliphatic rings. The molecular formula is C15H24N6O6. The van der Waals surface area contributed by atoms with Crippen LogP contribution in [0.15, 0.2) is 12.5 Å². The molecule has 0 aliphatic heterocycles. The fourth-order valence-electron chi connectivity index (χ4n) is 2.00. The second-order valence-corrected chi connectivity index (χ2v) is 5.93. The lowest BCUT2D eigenvalue weighted by molar-refractivity contribution is -0.143. The third-order valence-corrected chi connectivity index (χ3v) is 3.63. The van der Waals surface area contributed by atoms with Crippen LogP contribution >= 0.6 is 0 Å². The van der Waals surface area contributed by atoms with Crippen molar-refractivity contribution < 1.29 is 29.4 Å². The van der Waals surface area contributed by atoms with Crippen molar-refractivity contribution in [2.45, 2.75) is 44.4 Å². The lowest BCUT2D eigenvalue weighted by atomic mass is 10.1. The molecule has 1 heterocycles. The highest BCUT2D eigenvalue weighted by molar-refractivity contribution is 5.93. The molecule has 0 fully saturated rings. The van der Waals surface area contributed by atoms with Gasteiger partial charge in [-0.1, -0.05) is 0 Å². The summed E-state index contributed by atoms with van der Waals surface area (Å²) >= 11 is 0. The number of hydrogen-bond donors (Lipinski definition) is 7. The predicted octanol–water partition coefficient (Wildman–Crippen LogP) is -3.15. The Labute approximate surface area is 154 Å². The Balaban J connectivity index is 2.49. The maximum Gasteiger partial charge on any atom is 0.328 e. The Morgan fingerprint density at radius 1 is 1.11 bits per heavy atom. The number of carboxylic acids is 1. The van der Waals surface area contributed by atoms with Crippen LogP contribution < -0.4 is 21.7 Å². The molecule has 12 heteroatoms. The van der Waals surface area contributed by atoms with Gasteiger partial charge in [-0.25, -0.2) is 9.78 Å². The minimum absolute atomic E-state index is 0.205. The number of nitrogens with zero attached hydrogens (tertiary/aromatic N) is 1. The highest BCUT2D eigenvalue weighted by atomic mass is 16.4. The molecule has 4 atom stereocenters. The molecule has 4 unspecified atom stereocenters. The number of carbonyl (C=O) groups is 4. The second-order valence-electron chi connectivity index (χ2n) is 5.93. The molecular weight excluding hydrogens is 360 g/mol. The predicted molar refractivity (Wildman–Crippen MR) is 92.1 cm³/mol. The number of aliphatic hydroxyl groups is 1. The van der Waals surface area contributed by atoms with Crippen LogP contribution in [0.25, 0.3) is 0 Å². The van der Waals surface area contributed by atoms with Crippen LogP contribution in [-0.2, 0) is 25.6 Å². The summed E-state index contributed by atoms with van der Waals surface area (Å²) < 4.78 is 0. The first-order valence-corrected chi connectivity index (χ1v) is 8.13. The number of aliphatic carboxylic acids is 1. The zero-order valence-electron chi connectivity index (χ0n) is 14.9. The third-order valence-electron chi connectivity index (χ3n) is 3.63. The number of aliphatic hydroxyl groups excluding tert-OH is 1. The second kappa shape index (κ2) is 10.2. The number of carboxylic acid groups (broad SMARTS) is 1. The van der Waals surface area contributed by atoms with E-state index in [0.717, 1.165) is 0 Å². The Morgan fingerprint density at radius 2 is 1.67 bits per heavy atom. The van der Waals surface area contributed by atoms with Gasteiger partial charge in [-0.3, -0.25) is 14.4 Å². The molecule has 1 aromatic heterocycles. The number of aromatic amines is 1. The summed E-state index contributed by atoms with van der Waals surface area (Å²) in [4.78, 5) is 53.4. The summed E-state index contributed by atoms with van der Waals surface area (Å²) in [5, 5.41) is 24.5. The summed E-state index contributed by atoms with van der Waals surface area (Å²) in [5.74, 6) is -3.42. The van der Waals surface area contributed by atoms with Crippen molar-refractivity contribution in [3.8, 4) is 0 Å². The summed E-state index contributed by atoms with van der Waals surface area (Å²) in [7, 11) is 0. The van der Waals surface area contributed by atoms with E-state index in [9.17, 15) is 19.2 Å². The van der Waals surface area contributed by atoms with E-state index in [1.165, 1.54) is 26.4 Å². The van der Waals surface area contributed by atoms with Crippen LogP contribution in [0, 0.1) is 0 Å². The molecule has 0 aromatic carbocycles. The molecule has 8 N–H and O–H groups in total. The number of nitrogens with one attached hydrogen (secondary N) is 4. The van der Waals surface area contributed by atoms with E-state index in [-0.39, 0.29) is 6.42 Å². The zero-order chi connectivity index (χ0) is 20.6. The van der Waals surface area contributed by atoms with E-state index in [2.05, 4.69) is 25.9 Å². The smallest absolute Gasteiger partial charge is 0.328 e. The fraction of sp³-hybridized carbons (Fsp3) is 0.533. The van der Waals surface area contributed by atoms with Gasteiger partial charge in [-0.05, 0) is 13.8 Å². The van der Waals surface area contributed by atoms with Crippen LogP contribution in [0.5, 0.6) is 0 Å². The number of nitrogens with two attached hydrogens (primary N) is 1. The number of hydrogen-bond acceptors (Lipinski definition) is 7. The Kier molecular flexibility index (Phi) is 8.35. The van der Waals surface area contributed by atoms with Gasteiger partial charge in [0, 0.05) is 18.3 Å². The topological polar surface area (TPSA) is 200 Å². The Morgan fingerprint density at radius 3 is 2.15 bits per heavy atom. The van der Waals surface area contributed by atoms with Gasteiger partial charge in [0.1, 0.15) is 18.1 Å². The Hall–Kier alpha value is -2.99. The van der Waals surface area contributed by atoms with Gasteiger partial charge in [0.25, 0.3) is 0 Å². The van der Waals surface area contributed by atoms with Gasteiger partial charge in [-0.2, -0.15) is 0 Å². The summed E-state index contributed by atoms with van der Waals surface area (Å²) in [6, 6.07) is -4.44. The monoisotopic (exact) mass is 384 g/mol. The SMILES string of the molecule is CC(NC(=O)C(N)Cc1cnc[nH]1)C(=O)NC(C)C(=O)NC(CO)C(=O)O. The largest absolute Gasteiger partial charge is 0.480 e. The molecule has 0 aliphatic carbocycles. The van der Waals surface area contributed by atoms with Crippen LogP contribution in [0.2, 0.25) is 0 Å². The first kappa shape index (κ1) is 22.1. The molecule has 1 rings (SSSR count). The van der Waals surface area contributed by atoms with Crippen molar-refractivity contribution in [2.75, 3.05) is 6.61 Å². The number of H-pyrrole nitrogens is 1. The zero-order valence-corrected chi connectivity index (χ0v) is 14.9. The van der Waals surface area contributed by atoms with Crippen LogP contribution in [-0.4, -0.2) is 74.6 Å². The standard InChI is InChI=1S/C15H24N6O6/c1-7(20-14(25)10(16)3-9-4-17-6-18-9)12(23)19-8(2)13(24)21-11(5-22)15(26)27/h4,6-8,10-11,22H,3,5,16H2,1-2H3,(H,17,18)(H,19,23)(H,20,25)(H,21,24)(H,26,27). The van der Waals surface area contributed by atoms with Crippen molar-refractivity contribution in [3.05, 3.63) is 18.2 Å². The van der Waals surface area contributed by atoms with E-state index >= 15 is 0 Å². The molecule has 1 aromatic rings. The van der Waals surface area contributed by atoms with Gasteiger partial charge in [0.15, 0.2) is 0 Å². The van der Waals surface area contributed by atoms with Gasteiger partial charge in [-0.15, -0.1) is 0 Å². The van der Waals surface area contributed by atoms with E-state index in [1.807, 2.05) is 0 Å². The fourth-order valence-corrected chi connectivity index (χ4v) is 2.00. The van der Waals surface area contributed by atoms with E-state index in [4.69, 9.17) is 15.9 Å². The van der Waals surface area contributed by atoms with Crippen molar-refractivity contribution in [3.63, 3.8) is 0 Å². The van der Waals surface area contributed by atoms with Gasteiger partial charge in [0.05, 0.1) is 19.0 Å². The van der Waals surface area contributed by atoms with E-state index < -0.39 is 54.5 Å². The lowest BCUT2D eigenvalue weighted by Crippen LogP contribution is -2.56. The highest BCUT2D eigenvalue weighted by Gasteiger charge is 2.26. The summed E-state index contributed by atoms with van der Waals surface area (Å²) in [5.41, 5.74) is 6.43. The minimum atomic E-state index is -1.48. The number of aromatic nitrogens is 2. The molecule has 3 amide bonds. The van der Waals surface area contributed by atoms with Crippen LogP contribution in [0.4, 0.5) is 0 Å². The number of amides is 3. The molecule has 12 nitrogen and oxygen atoms in total. The van der Waals surface area contributed by atoms with E-state index in [0.29, 0.717) is 5.69 Å². The first-order chi connectivity index (χ1) is 12.6. The molecule has 150 valence electrons. The Bertz CT molecular complexity index is 664. The summed E-state index contributed by atoms with van der Waals surface area (Å²) in [6.45, 7) is 1.96. The molecule has 0 saturated carbocycles. The van der Waals surface area contributed by atoms with E-state index in [1.54, 1.807) is 0 Å². The molecule has 0 saturated heterocycles. The normalized spacial score (nSPS) is 15.1. The number of carbonyl (C=O) groups excluding carboxylic acids is 3. The minimum Gasteiger partial charge on any atom is -0.480 e. The van der Waals surface area contributed by atoms with Gasteiger partial charge in [0.2, 0.25) is 17.7 Å². The van der Waals surface area contributed by atoms with Crippen molar-refractivity contribution >= 4 is 23.7 Å². The summed E-state index contributed by atoms with van der Waals surface area (Å²) in [6.07, 6.45) is 3.19. The van der Waals surface area contributed by atoms with Crippen molar-refractivity contribution in [1.29, 1.82) is 0 Å². The van der Waals surface area contributed by atoms with Crippen LogP contribution in [0.1, 0.15) is 19.5 Å². The average molecular weight is 384 g/mol. The third kappa shape index (κ3) is 7.03. The molecule has 0 bridgehead atoms. The highest BCUT2D eigenvalue weighted by Crippen LogP contribution is 1.97. The lowest BCUT2D eigenvalue weighted by Gasteiger charge is -2.21. The quantitative estimate of drug-likeness (QED) is 0.219. The van der Waals surface area contributed by atoms with Crippen molar-refractivity contribution in [1.82, 2.24) is 25.9 Å². The van der Waals surface area contributed by atoms with Crippen LogP contribution in [0.3, 0.4) is 0 Å². The number of rotatable bonds is 10. The number of imidazole rings is 1. The molecule has 27 heavy (non-hydrogen) atoms. The first-order valence-electron chi connectivity index (χ1n) is 8.13. The maximum absolute atomic E-state index is 12.1. The van der Waals surface area contributed by atoms with Crippen molar-refractivity contribution in [2.24, 2.45) is 5.73 Å².